The first-order valence-corrected chi connectivity index (χ1v) is 10.2. The van der Waals surface area contributed by atoms with Gasteiger partial charge in [-0.3, -0.25) is 4.79 Å². The Bertz CT molecular complexity index is 1290. The highest BCUT2D eigenvalue weighted by Crippen LogP contribution is 2.35. The number of nitrogens with two attached hydrogens (primary N) is 1. The lowest BCUT2D eigenvalue weighted by atomic mass is 10.2. The van der Waals surface area contributed by atoms with Crippen LogP contribution in [0.25, 0.3) is 11.5 Å². The number of nitrogen functional groups attached to an aromatic ring is 1. The number of para-hydroxylation sites is 1. The van der Waals surface area contributed by atoms with Crippen molar-refractivity contribution in [2.45, 2.75) is 6.54 Å². The fourth-order valence-corrected chi connectivity index (χ4v) is 3.09. The van der Waals surface area contributed by atoms with E-state index in [1.807, 2.05) is 30.3 Å². The van der Waals surface area contributed by atoms with Gasteiger partial charge in [0.25, 0.3) is 0 Å². The third-order valence-electron chi connectivity index (χ3n) is 4.44. The van der Waals surface area contributed by atoms with Gasteiger partial charge in [0.05, 0.1) is 17.3 Å². The number of anilines is 3. The van der Waals surface area contributed by atoms with Gasteiger partial charge in [0.2, 0.25) is 11.8 Å². The van der Waals surface area contributed by atoms with E-state index >= 15 is 0 Å². The Morgan fingerprint density at radius 2 is 2.03 bits per heavy atom. The second kappa shape index (κ2) is 9.84. The van der Waals surface area contributed by atoms with Crippen molar-refractivity contribution in [3.05, 3.63) is 84.5 Å². The zero-order chi connectivity index (χ0) is 23.2. The Morgan fingerprint density at radius 3 is 2.79 bits per heavy atom. The molecule has 0 saturated carbocycles. The standard InChI is InChI=1S/C23H19ClN6O3/c1-2-19(31)26-11-15-12-32-23(30-15)20-21(25)27-13-28-22(20)29-14-8-9-18(17(24)10-14)33-16-6-4-3-5-7-16/h2-10,12-13H,1,11H2,(H,26,31)(H3,25,27,28,29). The number of nitrogens with one attached hydrogen (secondary N) is 2. The summed E-state index contributed by atoms with van der Waals surface area (Å²) in [6.07, 6.45) is 3.92. The molecule has 0 bridgehead atoms. The van der Waals surface area contributed by atoms with Gasteiger partial charge in [-0.15, -0.1) is 0 Å². The van der Waals surface area contributed by atoms with Crippen LogP contribution >= 0.6 is 11.6 Å². The van der Waals surface area contributed by atoms with Crippen LogP contribution in [0.15, 0.2) is 78.2 Å². The van der Waals surface area contributed by atoms with Crippen molar-refractivity contribution < 1.29 is 13.9 Å². The summed E-state index contributed by atoms with van der Waals surface area (Å²) in [4.78, 5) is 24.0. The lowest BCUT2D eigenvalue weighted by molar-refractivity contribution is -0.116. The summed E-state index contributed by atoms with van der Waals surface area (Å²) >= 11 is 6.41. The first-order chi connectivity index (χ1) is 16.0. The molecule has 4 N–H and O–H groups in total. The van der Waals surface area contributed by atoms with Crippen molar-refractivity contribution in [1.82, 2.24) is 20.3 Å². The molecule has 0 aliphatic rings. The van der Waals surface area contributed by atoms with E-state index in [9.17, 15) is 4.79 Å². The summed E-state index contributed by atoms with van der Waals surface area (Å²) in [7, 11) is 0. The molecule has 2 aromatic carbocycles. The fraction of sp³-hybridized carbons (Fsp3) is 0.0435. The molecule has 9 nitrogen and oxygen atoms in total. The highest BCUT2D eigenvalue weighted by atomic mass is 35.5. The summed E-state index contributed by atoms with van der Waals surface area (Å²) in [5.74, 6) is 1.62. The van der Waals surface area contributed by atoms with Crippen LogP contribution in [0.5, 0.6) is 11.5 Å². The van der Waals surface area contributed by atoms with Crippen LogP contribution in [0.1, 0.15) is 5.69 Å². The summed E-state index contributed by atoms with van der Waals surface area (Å²) in [6, 6.07) is 14.6. The number of hydrogen-bond donors (Lipinski definition) is 3. The molecule has 0 fully saturated rings. The summed E-state index contributed by atoms with van der Waals surface area (Å²) in [6.45, 7) is 3.58. The number of benzene rings is 2. The van der Waals surface area contributed by atoms with Gasteiger partial charge in [0, 0.05) is 5.69 Å². The van der Waals surface area contributed by atoms with Crippen molar-refractivity contribution in [3.63, 3.8) is 0 Å². The van der Waals surface area contributed by atoms with Crippen LogP contribution in [-0.4, -0.2) is 20.9 Å². The van der Waals surface area contributed by atoms with E-state index in [1.165, 1.54) is 18.7 Å². The van der Waals surface area contributed by atoms with Gasteiger partial charge in [-0.05, 0) is 36.4 Å². The third-order valence-corrected chi connectivity index (χ3v) is 4.73. The number of ether oxygens (including phenoxy) is 1. The summed E-state index contributed by atoms with van der Waals surface area (Å²) in [5, 5.41) is 6.19. The molecule has 4 rings (SSSR count). The minimum absolute atomic E-state index is 0.170. The molecule has 0 unspecified atom stereocenters. The summed E-state index contributed by atoms with van der Waals surface area (Å²) in [5.41, 5.74) is 7.60. The highest BCUT2D eigenvalue weighted by Gasteiger charge is 2.18. The van der Waals surface area contributed by atoms with Crippen molar-refractivity contribution >= 4 is 34.8 Å². The average molecular weight is 463 g/mol. The first-order valence-electron chi connectivity index (χ1n) is 9.78. The van der Waals surface area contributed by atoms with Crippen molar-refractivity contribution in [1.29, 1.82) is 0 Å². The highest BCUT2D eigenvalue weighted by molar-refractivity contribution is 6.32. The second-order valence-electron chi connectivity index (χ2n) is 6.73. The Labute approximate surface area is 194 Å². The molecule has 2 aromatic heterocycles. The quantitative estimate of drug-likeness (QED) is 0.321. The van der Waals surface area contributed by atoms with E-state index in [0.29, 0.717) is 39.3 Å². The van der Waals surface area contributed by atoms with E-state index in [-0.39, 0.29) is 24.2 Å². The van der Waals surface area contributed by atoms with Crippen LogP contribution in [-0.2, 0) is 11.3 Å². The van der Waals surface area contributed by atoms with Gasteiger partial charge < -0.3 is 25.5 Å². The molecule has 0 aliphatic heterocycles. The smallest absolute Gasteiger partial charge is 0.243 e. The van der Waals surface area contributed by atoms with E-state index in [2.05, 4.69) is 32.2 Å². The average Bonchev–Trinajstić information content (AvgIpc) is 3.28. The largest absolute Gasteiger partial charge is 0.456 e. The maximum atomic E-state index is 11.4. The normalized spacial score (nSPS) is 10.5. The Kier molecular flexibility index (Phi) is 6.51. The van der Waals surface area contributed by atoms with E-state index < -0.39 is 0 Å². The molecule has 2 heterocycles. The number of aromatic nitrogens is 3. The lowest BCUT2D eigenvalue weighted by Gasteiger charge is -2.12. The van der Waals surface area contributed by atoms with Crippen LogP contribution in [0.4, 0.5) is 17.3 Å². The predicted molar refractivity (Wildman–Crippen MR) is 125 cm³/mol. The molecule has 33 heavy (non-hydrogen) atoms. The Balaban J connectivity index is 1.55. The minimum atomic E-state index is -0.318. The van der Waals surface area contributed by atoms with Gasteiger partial charge >= 0.3 is 0 Å². The topological polar surface area (TPSA) is 128 Å². The molecular weight excluding hydrogens is 444 g/mol. The second-order valence-corrected chi connectivity index (χ2v) is 7.14. The lowest BCUT2D eigenvalue weighted by Crippen LogP contribution is -2.20. The van der Waals surface area contributed by atoms with Crippen molar-refractivity contribution in [2.75, 3.05) is 11.1 Å². The van der Waals surface area contributed by atoms with Crippen LogP contribution in [0.2, 0.25) is 5.02 Å². The van der Waals surface area contributed by atoms with Crippen molar-refractivity contribution in [2.24, 2.45) is 0 Å². The maximum absolute atomic E-state index is 11.4. The Morgan fingerprint density at radius 1 is 1.21 bits per heavy atom. The molecule has 0 atom stereocenters. The third kappa shape index (κ3) is 5.28. The molecule has 1 amide bonds. The van der Waals surface area contributed by atoms with Gasteiger partial charge in [-0.1, -0.05) is 36.4 Å². The maximum Gasteiger partial charge on any atom is 0.243 e. The number of nitrogens with zero attached hydrogens (tertiary/aromatic N) is 3. The zero-order valence-corrected chi connectivity index (χ0v) is 18.0. The fourth-order valence-electron chi connectivity index (χ4n) is 2.87. The molecule has 0 saturated heterocycles. The van der Waals surface area contributed by atoms with Crippen LogP contribution in [0, 0.1) is 0 Å². The van der Waals surface area contributed by atoms with E-state index in [1.54, 1.807) is 18.2 Å². The van der Waals surface area contributed by atoms with Gasteiger partial charge in [0.15, 0.2) is 0 Å². The van der Waals surface area contributed by atoms with Gasteiger partial charge in [0.1, 0.15) is 41.3 Å². The number of halogens is 1. The summed E-state index contributed by atoms with van der Waals surface area (Å²) < 4.78 is 11.4. The molecule has 10 heteroatoms. The molecule has 166 valence electrons. The zero-order valence-electron chi connectivity index (χ0n) is 17.3. The molecule has 0 spiro atoms. The van der Waals surface area contributed by atoms with Crippen LogP contribution < -0.4 is 21.1 Å². The number of carbonyl (C=O) groups is 1. The SMILES string of the molecule is C=CC(=O)NCc1coc(-c2c(N)ncnc2Nc2ccc(Oc3ccccc3)c(Cl)c2)n1. The Hall–Kier alpha value is -4.37. The van der Waals surface area contributed by atoms with Crippen molar-refractivity contribution in [3.8, 4) is 23.0 Å². The van der Waals surface area contributed by atoms with Crippen LogP contribution in [0.3, 0.4) is 0 Å². The van der Waals surface area contributed by atoms with Gasteiger partial charge in [-0.2, -0.15) is 0 Å². The predicted octanol–water partition coefficient (Wildman–Crippen LogP) is 4.71. The number of oxazole rings is 1. The van der Waals surface area contributed by atoms with Gasteiger partial charge in [-0.25, -0.2) is 15.0 Å². The van der Waals surface area contributed by atoms with E-state index in [4.69, 9.17) is 26.5 Å². The number of amides is 1. The monoisotopic (exact) mass is 462 g/mol. The number of rotatable bonds is 8. The molecule has 0 radical (unpaired) electrons. The number of hydrogen-bond acceptors (Lipinski definition) is 8. The minimum Gasteiger partial charge on any atom is -0.456 e. The molecular formula is C23H19ClN6O3. The molecule has 0 aliphatic carbocycles. The molecule has 4 aromatic rings. The number of carbonyl (C=O) groups excluding carboxylic acids is 1. The first kappa shape index (κ1) is 21.8. The van der Waals surface area contributed by atoms with E-state index in [0.717, 1.165) is 0 Å².